The van der Waals surface area contributed by atoms with Crippen LogP contribution in [0.5, 0.6) is 5.75 Å². The van der Waals surface area contributed by atoms with Gasteiger partial charge in [-0.2, -0.15) is 0 Å². The molecule has 3 aromatic rings. The van der Waals surface area contributed by atoms with E-state index >= 15 is 0 Å². The van der Waals surface area contributed by atoms with E-state index in [-0.39, 0.29) is 17.5 Å². The van der Waals surface area contributed by atoms with E-state index in [4.69, 9.17) is 11.6 Å². The number of para-hydroxylation sites is 1. The lowest BCUT2D eigenvalue weighted by Crippen LogP contribution is -2.34. The summed E-state index contributed by atoms with van der Waals surface area (Å²) in [6.07, 6.45) is 0. The van der Waals surface area contributed by atoms with E-state index in [1.165, 1.54) is 17.4 Å². The minimum Gasteiger partial charge on any atom is -0.505 e. The van der Waals surface area contributed by atoms with Gasteiger partial charge in [-0.15, -0.1) is 11.3 Å². The number of carbonyl (C=O) groups is 1. The second-order valence-electron chi connectivity index (χ2n) is 5.59. The molecule has 0 saturated carbocycles. The molecule has 2 amide bonds. The van der Waals surface area contributed by atoms with Gasteiger partial charge in [0.1, 0.15) is 10.8 Å². The van der Waals surface area contributed by atoms with Crippen molar-refractivity contribution >= 4 is 44.9 Å². The molecular weight excluding hydrogens is 346 g/mol. The monoisotopic (exact) mass is 361 g/mol. The molecular formula is C17H16ClN3O2S. The van der Waals surface area contributed by atoms with Crippen LogP contribution in [0, 0.1) is 0 Å². The Kier molecular flexibility index (Phi) is 4.59. The molecule has 0 saturated heterocycles. The van der Waals surface area contributed by atoms with Crippen molar-refractivity contribution in [2.75, 3.05) is 5.32 Å². The zero-order valence-corrected chi connectivity index (χ0v) is 14.7. The molecule has 0 unspecified atom stereocenters. The van der Waals surface area contributed by atoms with Crippen molar-refractivity contribution < 1.29 is 9.90 Å². The summed E-state index contributed by atoms with van der Waals surface area (Å²) in [5, 5.41) is 16.9. The first-order valence-electron chi connectivity index (χ1n) is 7.40. The van der Waals surface area contributed by atoms with Gasteiger partial charge in [0.2, 0.25) is 0 Å². The molecule has 0 atom stereocenters. The van der Waals surface area contributed by atoms with Crippen molar-refractivity contribution in [2.24, 2.45) is 0 Å². The molecule has 1 heterocycles. The average Bonchev–Trinajstić information content (AvgIpc) is 2.93. The third-order valence-electron chi connectivity index (χ3n) is 3.27. The summed E-state index contributed by atoms with van der Waals surface area (Å²) in [6, 6.07) is 10.4. The molecule has 0 aliphatic heterocycles. The van der Waals surface area contributed by atoms with Gasteiger partial charge in [0.15, 0.2) is 0 Å². The lowest BCUT2D eigenvalue weighted by Gasteiger charge is -2.13. The predicted octanol–water partition coefficient (Wildman–Crippen LogP) is 4.85. The van der Waals surface area contributed by atoms with Crippen molar-refractivity contribution in [3.63, 3.8) is 0 Å². The van der Waals surface area contributed by atoms with Gasteiger partial charge in [0, 0.05) is 11.1 Å². The minimum atomic E-state index is -0.405. The van der Waals surface area contributed by atoms with Crippen LogP contribution in [0.3, 0.4) is 0 Å². The number of fused-ring (bicyclic) bond motifs is 1. The Balaban J connectivity index is 2.01. The molecule has 5 nitrogen and oxygen atoms in total. The Labute approximate surface area is 148 Å². The number of anilines is 1. The van der Waals surface area contributed by atoms with Crippen LogP contribution >= 0.6 is 22.9 Å². The fraction of sp³-hybridized carbons (Fsp3) is 0.176. The fourth-order valence-electron chi connectivity index (χ4n) is 2.27. The van der Waals surface area contributed by atoms with E-state index in [9.17, 15) is 9.90 Å². The molecule has 2 aromatic carbocycles. The fourth-order valence-corrected chi connectivity index (χ4v) is 3.47. The van der Waals surface area contributed by atoms with Gasteiger partial charge in [0.25, 0.3) is 0 Å². The van der Waals surface area contributed by atoms with E-state index in [1.54, 1.807) is 6.07 Å². The van der Waals surface area contributed by atoms with Gasteiger partial charge < -0.3 is 15.7 Å². The quantitative estimate of drug-likeness (QED) is 0.583. The highest BCUT2D eigenvalue weighted by Crippen LogP contribution is 2.41. The number of aromatic nitrogens is 1. The molecule has 0 fully saturated rings. The number of halogens is 1. The van der Waals surface area contributed by atoms with Crippen LogP contribution in [0.2, 0.25) is 5.02 Å². The van der Waals surface area contributed by atoms with Gasteiger partial charge >= 0.3 is 6.03 Å². The van der Waals surface area contributed by atoms with Gasteiger partial charge in [-0.3, -0.25) is 0 Å². The minimum absolute atomic E-state index is 0.0185. The summed E-state index contributed by atoms with van der Waals surface area (Å²) in [4.78, 5) is 16.4. The van der Waals surface area contributed by atoms with Crippen molar-refractivity contribution in [3.05, 3.63) is 41.4 Å². The highest BCUT2D eigenvalue weighted by Gasteiger charge is 2.16. The van der Waals surface area contributed by atoms with Gasteiger partial charge in [-0.05, 0) is 38.1 Å². The predicted molar refractivity (Wildman–Crippen MR) is 99.0 cm³/mol. The molecule has 3 N–H and O–H groups in total. The average molecular weight is 362 g/mol. The summed E-state index contributed by atoms with van der Waals surface area (Å²) in [6.45, 7) is 3.70. The first-order valence-corrected chi connectivity index (χ1v) is 8.59. The van der Waals surface area contributed by atoms with Crippen molar-refractivity contribution in [1.29, 1.82) is 0 Å². The Morgan fingerprint density at radius 3 is 2.75 bits per heavy atom. The van der Waals surface area contributed by atoms with Gasteiger partial charge in [-0.25, -0.2) is 9.78 Å². The van der Waals surface area contributed by atoms with E-state index in [0.717, 1.165) is 10.2 Å². The summed E-state index contributed by atoms with van der Waals surface area (Å²) < 4.78 is 1.01. The highest BCUT2D eigenvalue weighted by atomic mass is 35.5. The number of hydrogen-bond donors (Lipinski definition) is 3. The molecule has 124 valence electrons. The second kappa shape index (κ2) is 6.67. The normalized spacial score (nSPS) is 11.0. The number of rotatable bonds is 3. The van der Waals surface area contributed by atoms with Crippen molar-refractivity contribution in [3.8, 4) is 16.3 Å². The maximum absolute atomic E-state index is 11.9. The largest absolute Gasteiger partial charge is 0.505 e. The topological polar surface area (TPSA) is 74.2 Å². The lowest BCUT2D eigenvalue weighted by molar-refractivity contribution is 0.250. The molecule has 0 aliphatic carbocycles. The molecule has 0 bridgehead atoms. The number of thiazole rings is 1. The third kappa shape index (κ3) is 3.44. The molecule has 0 radical (unpaired) electrons. The van der Waals surface area contributed by atoms with E-state index in [2.05, 4.69) is 15.6 Å². The summed E-state index contributed by atoms with van der Waals surface area (Å²) in [7, 11) is 0. The Morgan fingerprint density at radius 2 is 2.04 bits per heavy atom. The van der Waals surface area contributed by atoms with Crippen LogP contribution in [-0.4, -0.2) is 22.2 Å². The second-order valence-corrected chi connectivity index (χ2v) is 7.06. The Hall–Kier alpha value is -2.31. The zero-order chi connectivity index (χ0) is 17.3. The number of nitrogens with zero attached hydrogens (tertiary/aromatic N) is 1. The molecule has 7 heteroatoms. The number of benzene rings is 2. The van der Waals surface area contributed by atoms with E-state index in [0.29, 0.717) is 15.6 Å². The van der Waals surface area contributed by atoms with E-state index in [1.807, 2.05) is 38.1 Å². The number of nitrogens with one attached hydrogen (secondary N) is 2. The van der Waals surface area contributed by atoms with Crippen molar-refractivity contribution in [2.45, 2.75) is 19.9 Å². The molecule has 1 aromatic heterocycles. The summed E-state index contributed by atoms with van der Waals surface area (Å²) in [5.41, 5.74) is 1.59. The first kappa shape index (κ1) is 16.5. The Morgan fingerprint density at radius 1 is 1.29 bits per heavy atom. The molecule has 0 aliphatic rings. The van der Waals surface area contributed by atoms with Crippen LogP contribution in [0.25, 0.3) is 20.8 Å². The smallest absolute Gasteiger partial charge is 0.319 e. The van der Waals surface area contributed by atoms with Crippen molar-refractivity contribution in [1.82, 2.24) is 10.3 Å². The number of phenolic OH excluding ortho intramolecular Hbond substituents is 1. The number of urea groups is 1. The van der Waals surface area contributed by atoms with Crippen LogP contribution in [0.15, 0.2) is 36.4 Å². The number of hydrogen-bond acceptors (Lipinski definition) is 4. The maximum atomic E-state index is 11.9. The summed E-state index contributed by atoms with van der Waals surface area (Å²) >= 11 is 7.61. The molecule has 0 spiro atoms. The standard InChI is InChI=1S/C17H16ClN3O2S/c1-9(2)19-17(23)21-13-8-10(18)7-11(15(13)22)16-20-12-5-3-4-6-14(12)24-16/h3-9,22H,1-2H3,(H2,19,21,23). The maximum Gasteiger partial charge on any atom is 0.319 e. The summed E-state index contributed by atoms with van der Waals surface area (Å²) in [5.74, 6) is -0.0580. The SMILES string of the molecule is CC(C)NC(=O)Nc1cc(Cl)cc(-c2nc3ccccc3s2)c1O. The van der Waals surface area contributed by atoms with Crippen LogP contribution < -0.4 is 10.6 Å². The van der Waals surface area contributed by atoms with E-state index < -0.39 is 6.03 Å². The Bertz CT molecular complexity index is 875. The van der Waals surface area contributed by atoms with Gasteiger partial charge in [0.05, 0.1) is 21.5 Å². The van der Waals surface area contributed by atoms with Crippen LogP contribution in [0.1, 0.15) is 13.8 Å². The van der Waals surface area contributed by atoms with Crippen LogP contribution in [0.4, 0.5) is 10.5 Å². The number of carbonyl (C=O) groups excluding carboxylic acids is 1. The third-order valence-corrected chi connectivity index (χ3v) is 4.55. The molecule has 24 heavy (non-hydrogen) atoms. The number of amides is 2. The van der Waals surface area contributed by atoms with Crippen LogP contribution in [-0.2, 0) is 0 Å². The molecule has 3 rings (SSSR count). The van der Waals surface area contributed by atoms with Gasteiger partial charge in [-0.1, -0.05) is 23.7 Å². The zero-order valence-electron chi connectivity index (χ0n) is 13.1. The lowest BCUT2D eigenvalue weighted by atomic mass is 10.1. The highest BCUT2D eigenvalue weighted by molar-refractivity contribution is 7.21. The number of phenols is 1. The number of aromatic hydroxyl groups is 1. The first-order chi connectivity index (χ1) is 11.4.